The van der Waals surface area contributed by atoms with Gasteiger partial charge in [0.05, 0.1) is 18.3 Å². The average molecular weight is 278 g/mol. The van der Waals surface area contributed by atoms with Gasteiger partial charge >= 0.3 is 0 Å². The second-order valence-electron chi connectivity index (χ2n) is 5.41. The first-order chi connectivity index (χ1) is 9.75. The van der Waals surface area contributed by atoms with E-state index in [0.29, 0.717) is 18.2 Å². The van der Waals surface area contributed by atoms with Crippen molar-refractivity contribution in [1.82, 2.24) is 5.32 Å². The van der Waals surface area contributed by atoms with Crippen LogP contribution >= 0.6 is 0 Å². The summed E-state index contributed by atoms with van der Waals surface area (Å²) in [6.07, 6.45) is 2.20. The molecule has 0 saturated carbocycles. The van der Waals surface area contributed by atoms with Crippen LogP contribution in [-0.4, -0.2) is 38.3 Å². The largest absolute Gasteiger partial charge is 0.366 e. The van der Waals surface area contributed by atoms with Crippen molar-refractivity contribution in [2.24, 2.45) is 5.92 Å². The van der Waals surface area contributed by atoms with E-state index >= 15 is 0 Å². The summed E-state index contributed by atoms with van der Waals surface area (Å²) in [5.74, 6) is -0.135. The molecule has 2 fully saturated rings. The van der Waals surface area contributed by atoms with Gasteiger partial charge < -0.3 is 15.0 Å². The van der Waals surface area contributed by atoms with E-state index in [0.717, 1.165) is 25.9 Å². The zero-order valence-electron chi connectivity index (χ0n) is 11.3. The van der Waals surface area contributed by atoms with Gasteiger partial charge in [0.15, 0.2) is 0 Å². The summed E-state index contributed by atoms with van der Waals surface area (Å²) >= 11 is 0. The van der Waals surface area contributed by atoms with Crippen LogP contribution in [0.3, 0.4) is 0 Å². The van der Waals surface area contributed by atoms with Gasteiger partial charge in [0.25, 0.3) is 5.91 Å². The highest BCUT2D eigenvalue weighted by atomic mass is 19.1. The number of benzene rings is 1. The molecule has 0 bridgehead atoms. The number of hydrogen-bond donors (Lipinski definition) is 1. The summed E-state index contributed by atoms with van der Waals surface area (Å²) in [7, 11) is 0. The Morgan fingerprint density at radius 2 is 2.20 bits per heavy atom. The average Bonchev–Trinajstić information content (AvgIpc) is 2.49. The van der Waals surface area contributed by atoms with E-state index < -0.39 is 0 Å². The second kappa shape index (κ2) is 5.89. The van der Waals surface area contributed by atoms with Crippen molar-refractivity contribution in [2.45, 2.75) is 18.9 Å². The van der Waals surface area contributed by atoms with Crippen LogP contribution in [0.2, 0.25) is 0 Å². The van der Waals surface area contributed by atoms with E-state index in [1.165, 1.54) is 11.0 Å². The molecular weight excluding hydrogens is 259 g/mol. The van der Waals surface area contributed by atoms with Gasteiger partial charge in [0.1, 0.15) is 12.4 Å². The van der Waals surface area contributed by atoms with E-state index in [1.807, 2.05) is 0 Å². The summed E-state index contributed by atoms with van der Waals surface area (Å²) in [5, 5.41) is 3.35. The molecule has 3 rings (SSSR count). The van der Waals surface area contributed by atoms with E-state index in [9.17, 15) is 9.18 Å². The molecule has 108 valence electrons. The Morgan fingerprint density at radius 1 is 1.35 bits per heavy atom. The lowest BCUT2D eigenvalue weighted by atomic mass is 9.92. The highest BCUT2D eigenvalue weighted by molar-refractivity contribution is 5.95. The molecule has 1 aromatic rings. The van der Waals surface area contributed by atoms with Gasteiger partial charge in [-0.3, -0.25) is 4.79 Å². The van der Waals surface area contributed by atoms with Gasteiger partial charge in [-0.1, -0.05) is 12.1 Å². The molecular formula is C15H19FN2O2. The summed E-state index contributed by atoms with van der Waals surface area (Å²) < 4.78 is 19.5. The zero-order chi connectivity index (χ0) is 13.9. The molecule has 0 aliphatic carbocycles. The Labute approximate surface area is 117 Å². The lowest BCUT2D eigenvalue weighted by Crippen LogP contribution is -2.52. The van der Waals surface area contributed by atoms with Gasteiger partial charge in [-0.15, -0.1) is 0 Å². The molecule has 1 N–H and O–H groups in total. The first kappa shape index (κ1) is 13.5. The molecule has 2 aliphatic heterocycles. The van der Waals surface area contributed by atoms with Crippen LogP contribution in [0.1, 0.15) is 12.8 Å². The van der Waals surface area contributed by atoms with Crippen LogP contribution < -0.4 is 10.2 Å². The quantitative estimate of drug-likeness (QED) is 0.892. The van der Waals surface area contributed by atoms with Crippen molar-refractivity contribution in [1.29, 1.82) is 0 Å². The highest BCUT2D eigenvalue weighted by Crippen LogP contribution is 2.26. The highest BCUT2D eigenvalue weighted by Gasteiger charge is 2.34. The Kier molecular flexibility index (Phi) is 3.98. The Hall–Kier alpha value is -1.46. The summed E-state index contributed by atoms with van der Waals surface area (Å²) in [6.45, 7) is 2.42. The number of halogens is 1. The normalized spacial score (nSPS) is 27.6. The molecule has 2 aliphatic rings. The number of rotatable bonds is 2. The minimum atomic E-state index is -0.358. The van der Waals surface area contributed by atoms with E-state index in [-0.39, 0.29) is 24.4 Å². The number of hydrogen-bond acceptors (Lipinski definition) is 3. The first-order valence-electron chi connectivity index (χ1n) is 7.13. The maximum Gasteiger partial charge on any atom is 0.253 e. The van der Waals surface area contributed by atoms with Crippen molar-refractivity contribution < 1.29 is 13.9 Å². The van der Waals surface area contributed by atoms with Gasteiger partial charge in [0.2, 0.25) is 0 Å². The fourth-order valence-corrected chi connectivity index (χ4v) is 2.98. The number of carbonyl (C=O) groups excluding carboxylic acids is 1. The molecule has 4 nitrogen and oxygen atoms in total. The third-order valence-electron chi connectivity index (χ3n) is 4.09. The fourth-order valence-electron chi connectivity index (χ4n) is 2.98. The maximum absolute atomic E-state index is 13.9. The lowest BCUT2D eigenvalue weighted by Gasteiger charge is -2.38. The Bertz CT molecular complexity index is 489. The minimum Gasteiger partial charge on any atom is -0.366 e. The van der Waals surface area contributed by atoms with Crippen LogP contribution in [0.15, 0.2) is 24.3 Å². The molecule has 0 aromatic heterocycles. The smallest absolute Gasteiger partial charge is 0.253 e. The molecule has 2 heterocycles. The number of amides is 1. The molecule has 0 radical (unpaired) electrons. The Morgan fingerprint density at radius 3 is 2.95 bits per heavy atom. The molecule has 20 heavy (non-hydrogen) atoms. The molecule has 1 aromatic carbocycles. The van der Waals surface area contributed by atoms with Crippen molar-refractivity contribution in [3.63, 3.8) is 0 Å². The predicted molar refractivity (Wildman–Crippen MR) is 74.1 cm³/mol. The van der Waals surface area contributed by atoms with E-state index in [4.69, 9.17) is 4.74 Å². The van der Waals surface area contributed by atoms with Gasteiger partial charge in [-0.05, 0) is 37.4 Å². The number of anilines is 1. The van der Waals surface area contributed by atoms with Gasteiger partial charge in [-0.25, -0.2) is 4.39 Å². The number of nitrogens with zero attached hydrogens (tertiary/aromatic N) is 1. The monoisotopic (exact) mass is 278 g/mol. The number of carbonyl (C=O) groups is 1. The molecule has 2 atom stereocenters. The summed E-state index contributed by atoms with van der Waals surface area (Å²) in [5.41, 5.74) is 0.356. The second-order valence-corrected chi connectivity index (χ2v) is 5.41. The number of para-hydroxylation sites is 1. The third kappa shape index (κ3) is 2.69. The fraction of sp³-hybridized carbons (Fsp3) is 0.533. The molecule has 2 saturated heterocycles. The standard InChI is InChI=1S/C15H19FN2O2/c16-12-5-1-2-6-13(12)18-9-14(20-10-15(18)19)11-4-3-7-17-8-11/h1-2,5-6,11,14,17H,3-4,7-10H2. The lowest BCUT2D eigenvalue weighted by molar-refractivity contribution is -0.131. The topological polar surface area (TPSA) is 41.6 Å². The molecule has 2 unspecified atom stereocenters. The number of piperidine rings is 1. The van der Waals surface area contributed by atoms with Crippen molar-refractivity contribution in [3.05, 3.63) is 30.1 Å². The van der Waals surface area contributed by atoms with Gasteiger partial charge in [-0.2, -0.15) is 0 Å². The number of morpholine rings is 1. The minimum absolute atomic E-state index is 0.0138. The predicted octanol–water partition coefficient (Wildman–Crippen LogP) is 1.56. The van der Waals surface area contributed by atoms with Crippen LogP contribution in [0.4, 0.5) is 10.1 Å². The zero-order valence-corrected chi connectivity index (χ0v) is 11.3. The summed E-state index contributed by atoms with van der Waals surface area (Å²) in [6, 6.07) is 6.41. The number of nitrogens with one attached hydrogen (secondary N) is 1. The van der Waals surface area contributed by atoms with Gasteiger partial charge in [0, 0.05) is 6.54 Å². The van der Waals surface area contributed by atoms with Crippen LogP contribution in [0.25, 0.3) is 0 Å². The van der Waals surface area contributed by atoms with Crippen LogP contribution in [0, 0.1) is 11.7 Å². The molecule has 5 heteroatoms. The molecule has 1 amide bonds. The Balaban J connectivity index is 1.76. The SMILES string of the molecule is O=C1COC(C2CCCNC2)CN1c1ccccc1F. The van der Waals surface area contributed by atoms with Crippen molar-refractivity contribution >= 4 is 11.6 Å². The van der Waals surface area contributed by atoms with Crippen molar-refractivity contribution in [2.75, 3.05) is 31.1 Å². The molecule has 0 spiro atoms. The maximum atomic E-state index is 13.9. The third-order valence-corrected chi connectivity index (χ3v) is 4.09. The van der Waals surface area contributed by atoms with E-state index in [2.05, 4.69) is 5.32 Å². The first-order valence-corrected chi connectivity index (χ1v) is 7.13. The van der Waals surface area contributed by atoms with Crippen LogP contribution in [-0.2, 0) is 9.53 Å². The summed E-state index contributed by atoms with van der Waals surface area (Å²) in [4.78, 5) is 13.5. The number of ether oxygens (including phenoxy) is 1. The van der Waals surface area contributed by atoms with Crippen molar-refractivity contribution in [3.8, 4) is 0 Å². The van der Waals surface area contributed by atoms with Crippen LogP contribution in [0.5, 0.6) is 0 Å². The van der Waals surface area contributed by atoms with E-state index in [1.54, 1.807) is 18.2 Å².